The largest absolute Gasteiger partial charge is 0.379 e. The molecule has 2 aliphatic rings. The zero-order valence-electron chi connectivity index (χ0n) is 15.2. The third-order valence-corrected chi connectivity index (χ3v) is 4.83. The number of likely N-dealkylation sites (tertiary alicyclic amines) is 1. The van der Waals surface area contributed by atoms with Crippen LogP contribution in [0.25, 0.3) is 0 Å². The second-order valence-electron chi connectivity index (χ2n) is 6.77. The maximum atomic E-state index is 12.6. The summed E-state index contributed by atoms with van der Waals surface area (Å²) >= 11 is 0. The van der Waals surface area contributed by atoms with Crippen LogP contribution in [0.3, 0.4) is 0 Å². The maximum Gasteiger partial charge on any atom is 0.319 e. The fourth-order valence-electron chi connectivity index (χ4n) is 3.34. The van der Waals surface area contributed by atoms with Gasteiger partial charge in [0.2, 0.25) is 0 Å². The predicted molar refractivity (Wildman–Crippen MR) is 100 cm³/mol. The van der Waals surface area contributed by atoms with E-state index in [2.05, 4.69) is 15.5 Å². The standard InChI is InChI=1S/C19H28N4O3/c24-18(23-8-2-1-3-9-23)16-5-4-6-17(15-16)21-19(25)20-7-10-22-11-13-26-14-12-22/h4-6,15H,1-3,7-14H2,(H2,20,21,25). The van der Waals surface area contributed by atoms with Crippen molar-refractivity contribution in [2.45, 2.75) is 19.3 Å². The van der Waals surface area contributed by atoms with Crippen molar-refractivity contribution in [3.05, 3.63) is 29.8 Å². The second-order valence-corrected chi connectivity index (χ2v) is 6.77. The molecule has 2 fully saturated rings. The quantitative estimate of drug-likeness (QED) is 0.839. The molecule has 7 nitrogen and oxygen atoms in total. The molecule has 0 spiro atoms. The number of piperidine rings is 1. The molecular weight excluding hydrogens is 332 g/mol. The first-order chi connectivity index (χ1) is 12.7. The first kappa shape index (κ1) is 18.7. The topological polar surface area (TPSA) is 73.9 Å². The summed E-state index contributed by atoms with van der Waals surface area (Å²) in [6, 6.07) is 6.91. The average Bonchev–Trinajstić information content (AvgIpc) is 2.69. The van der Waals surface area contributed by atoms with Crippen molar-refractivity contribution >= 4 is 17.6 Å². The van der Waals surface area contributed by atoms with Gasteiger partial charge in [0.1, 0.15) is 0 Å². The van der Waals surface area contributed by atoms with Crippen molar-refractivity contribution in [3.63, 3.8) is 0 Å². The molecule has 142 valence electrons. The molecule has 0 radical (unpaired) electrons. The van der Waals surface area contributed by atoms with Gasteiger partial charge in [-0.25, -0.2) is 4.79 Å². The smallest absolute Gasteiger partial charge is 0.319 e. The highest BCUT2D eigenvalue weighted by Crippen LogP contribution is 2.16. The van der Waals surface area contributed by atoms with Gasteiger partial charge in [0.05, 0.1) is 13.2 Å². The van der Waals surface area contributed by atoms with Gasteiger partial charge in [-0.15, -0.1) is 0 Å². The van der Waals surface area contributed by atoms with Crippen LogP contribution in [0.4, 0.5) is 10.5 Å². The molecule has 2 N–H and O–H groups in total. The molecule has 1 aromatic rings. The molecule has 0 bridgehead atoms. The fraction of sp³-hybridized carbons (Fsp3) is 0.579. The predicted octanol–water partition coefficient (Wildman–Crippen LogP) is 1.77. The summed E-state index contributed by atoms with van der Waals surface area (Å²) in [6.45, 7) is 6.35. The number of hydrogen-bond acceptors (Lipinski definition) is 4. The molecule has 3 amide bonds. The lowest BCUT2D eigenvalue weighted by Crippen LogP contribution is -2.42. The molecule has 7 heteroatoms. The molecule has 26 heavy (non-hydrogen) atoms. The number of benzene rings is 1. The van der Waals surface area contributed by atoms with E-state index in [0.717, 1.165) is 58.8 Å². The Kier molecular flexibility index (Phi) is 6.85. The summed E-state index contributed by atoms with van der Waals surface area (Å²) in [5.41, 5.74) is 1.26. The van der Waals surface area contributed by atoms with Crippen LogP contribution in [0.5, 0.6) is 0 Å². The zero-order valence-corrected chi connectivity index (χ0v) is 15.2. The summed E-state index contributed by atoms with van der Waals surface area (Å²) in [4.78, 5) is 28.8. The van der Waals surface area contributed by atoms with E-state index in [1.54, 1.807) is 24.3 Å². The van der Waals surface area contributed by atoms with Gasteiger partial charge in [-0.2, -0.15) is 0 Å². The van der Waals surface area contributed by atoms with Gasteiger partial charge in [-0.05, 0) is 37.5 Å². The van der Waals surface area contributed by atoms with Crippen molar-refractivity contribution in [2.75, 3.05) is 57.8 Å². The molecule has 0 aliphatic carbocycles. The lowest BCUT2D eigenvalue weighted by Gasteiger charge is -2.27. The summed E-state index contributed by atoms with van der Waals surface area (Å²) in [7, 11) is 0. The van der Waals surface area contributed by atoms with Gasteiger partial charge in [-0.3, -0.25) is 9.69 Å². The molecule has 2 heterocycles. The Morgan fingerprint density at radius 1 is 1.04 bits per heavy atom. The summed E-state index contributed by atoms with van der Waals surface area (Å²) in [6.07, 6.45) is 3.32. The van der Waals surface area contributed by atoms with E-state index in [1.165, 1.54) is 6.42 Å². The summed E-state index contributed by atoms with van der Waals surface area (Å²) in [5, 5.41) is 5.68. The van der Waals surface area contributed by atoms with Crippen LogP contribution < -0.4 is 10.6 Å². The number of carbonyl (C=O) groups excluding carboxylic acids is 2. The highest BCUT2D eigenvalue weighted by atomic mass is 16.5. The van der Waals surface area contributed by atoms with E-state index in [1.807, 2.05) is 4.90 Å². The van der Waals surface area contributed by atoms with Crippen LogP contribution in [-0.4, -0.2) is 74.2 Å². The fourth-order valence-corrected chi connectivity index (χ4v) is 3.34. The number of amides is 3. The molecule has 2 saturated heterocycles. The highest BCUT2D eigenvalue weighted by molar-refractivity contribution is 5.97. The maximum absolute atomic E-state index is 12.6. The molecule has 0 saturated carbocycles. The van der Waals surface area contributed by atoms with Crippen LogP contribution in [-0.2, 0) is 4.74 Å². The monoisotopic (exact) mass is 360 g/mol. The van der Waals surface area contributed by atoms with E-state index in [4.69, 9.17) is 4.74 Å². The minimum absolute atomic E-state index is 0.0427. The molecule has 3 rings (SSSR count). The van der Waals surface area contributed by atoms with Crippen LogP contribution in [0.2, 0.25) is 0 Å². The summed E-state index contributed by atoms with van der Waals surface area (Å²) in [5.74, 6) is 0.0427. The van der Waals surface area contributed by atoms with Crippen molar-refractivity contribution in [1.29, 1.82) is 0 Å². The summed E-state index contributed by atoms with van der Waals surface area (Å²) < 4.78 is 5.31. The molecule has 2 aliphatic heterocycles. The van der Waals surface area contributed by atoms with E-state index in [-0.39, 0.29) is 11.9 Å². The SMILES string of the molecule is O=C(NCCN1CCOCC1)Nc1cccc(C(=O)N2CCCCC2)c1. The molecular formula is C19H28N4O3. The Labute approximate surface area is 154 Å². The first-order valence-corrected chi connectivity index (χ1v) is 9.47. The number of carbonyl (C=O) groups is 2. The number of morpholine rings is 1. The van der Waals surface area contributed by atoms with E-state index < -0.39 is 0 Å². The third kappa shape index (κ3) is 5.44. The first-order valence-electron chi connectivity index (χ1n) is 9.47. The Hall–Kier alpha value is -2.12. The highest BCUT2D eigenvalue weighted by Gasteiger charge is 2.18. The molecule has 1 aromatic carbocycles. The van der Waals surface area contributed by atoms with Crippen molar-refractivity contribution in [2.24, 2.45) is 0 Å². The minimum atomic E-state index is -0.249. The van der Waals surface area contributed by atoms with Gasteiger partial charge < -0.3 is 20.3 Å². The number of nitrogens with zero attached hydrogens (tertiary/aromatic N) is 2. The van der Waals surface area contributed by atoms with Crippen LogP contribution in [0.15, 0.2) is 24.3 Å². The van der Waals surface area contributed by atoms with Crippen molar-refractivity contribution in [1.82, 2.24) is 15.1 Å². The Balaban J connectivity index is 1.46. The number of anilines is 1. The Morgan fingerprint density at radius 2 is 1.81 bits per heavy atom. The lowest BCUT2D eigenvalue weighted by molar-refractivity contribution is 0.0388. The van der Waals surface area contributed by atoms with Gasteiger partial charge in [0, 0.05) is 50.5 Å². The minimum Gasteiger partial charge on any atom is -0.379 e. The Bertz CT molecular complexity index is 611. The van der Waals surface area contributed by atoms with Crippen LogP contribution in [0.1, 0.15) is 29.6 Å². The van der Waals surface area contributed by atoms with Gasteiger partial charge in [0.25, 0.3) is 5.91 Å². The number of nitrogens with one attached hydrogen (secondary N) is 2. The molecule has 0 atom stereocenters. The molecule has 0 unspecified atom stereocenters. The van der Waals surface area contributed by atoms with Crippen LogP contribution >= 0.6 is 0 Å². The van der Waals surface area contributed by atoms with Crippen LogP contribution in [0, 0.1) is 0 Å². The third-order valence-electron chi connectivity index (χ3n) is 4.83. The normalized spacial score (nSPS) is 18.4. The average molecular weight is 360 g/mol. The number of urea groups is 1. The van der Waals surface area contributed by atoms with E-state index in [9.17, 15) is 9.59 Å². The Morgan fingerprint density at radius 3 is 2.58 bits per heavy atom. The van der Waals surface area contributed by atoms with E-state index in [0.29, 0.717) is 17.8 Å². The van der Waals surface area contributed by atoms with E-state index >= 15 is 0 Å². The lowest BCUT2D eigenvalue weighted by atomic mass is 10.1. The van der Waals surface area contributed by atoms with Crippen molar-refractivity contribution < 1.29 is 14.3 Å². The number of hydrogen-bond donors (Lipinski definition) is 2. The van der Waals surface area contributed by atoms with Gasteiger partial charge in [-0.1, -0.05) is 6.07 Å². The van der Waals surface area contributed by atoms with Crippen molar-refractivity contribution in [3.8, 4) is 0 Å². The second kappa shape index (κ2) is 9.54. The van der Waals surface area contributed by atoms with Gasteiger partial charge in [0.15, 0.2) is 0 Å². The number of ether oxygens (including phenoxy) is 1. The van der Waals surface area contributed by atoms with Gasteiger partial charge >= 0.3 is 6.03 Å². The number of rotatable bonds is 5. The zero-order chi connectivity index (χ0) is 18.2. The molecule has 0 aromatic heterocycles.